The van der Waals surface area contributed by atoms with Crippen LogP contribution in [0, 0.1) is 11.8 Å². The zero-order valence-corrected chi connectivity index (χ0v) is 23.4. The van der Waals surface area contributed by atoms with Gasteiger partial charge >= 0.3 is 12.1 Å². The lowest BCUT2D eigenvalue weighted by Crippen LogP contribution is -2.41. The van der Waals surface area contributed by atoms with Gasteiger partial charge in [-0.05, 0) is 111 Å². The van der Waals surface area contributed by atoms with E-state index in [1.165, 1.54) is 6.07 Å². The van der Waals surface area contributed by atoms with Gasteiger partial charge in [0.2, 0.25) is 0 Å². The molecule has 41 heavy (non-hydrogen) atoms. The maximum absolute atomic E-state index is 15.6. The third kappa shape index (κ3) is 8.41. The standard InChI is InChI=1S/C32H38F4N2O3/c1-41-25-11-13-30-27(20-25)26(15-17-37-30)29(33)12-9-22-16-19-38(21-24(22)10-14-31(39)40)18-5-4-7-23-6-2-3-8-28(23)32(34,35)36/h2-3,6,8,11,13,15,17,20,22,24,29H,4-5,7,9-10,12,14,16,18-19,21H2,1H3,(H,39,40)/t22-,24+,29?/m1/s1. The number of unbranched alkanes of at least 4 members (excludes halogenated alkanes) is 1. The number of alkyl halides is 4. The quantitative estimate of drug-likeness (QED) is 0.166. The molecule has 1 aliphatic heterocycles. The highest BCUT2D eigenvalue weighted by molar-refractivity contribution is 5.83. The smallest absolute Gasteiger partial charge is 0.416 e. The number of carbonyl (C=O) groups is 1. The van der Waals surface area contributed by atoms with Crippen LogP contribution in [0.4, 0.5) is 17.6 Å². The van der Waals surface area contributed by atoms with Crippen LogP contribution >= 0.6 is 0 Å². The van der Waals surface area contributed by atoms with Crippen LogP contribution in [0.5, 0.6) is 5.75 Å². The maximum atomic E-state index is 15.6. The molecule has 1 saturated heterocycles. The Labute approximate surface area is 238 Å². The van der Waals surface area contributed by atoms with Gasteiger partial charge in [0.05, 0.1) is 18.2 Å². The molecule has 5 nitrogen and oxygen atoms in total. The average Bonchev–Trinajstić information content (AvgIpc) is 2.96. The van der Waals surface area contributed by atoms with E-state index < -0.39 is 23.9 Å². The first-order valence-electron chi connectivity index (χ1n) is 14.3. The number of piperidine rings is 1. The van der Waals surface area contributed by atoms with Gasteiger partial charge in [-0.2, -0.15) is 13.2 Å². The molecule has 4 rings (SSSR count). The van der Waals surface area contributed by atoms with Crippen molar-refractivity contribution in [3.05, 3.63) is 71.4 Å². The minimum Gasteiger partial charge on any atom is -0.497 e. The normalized spacial score (nSPS) is 18.9. The van der Waals surface area contributed by atoms with Gasteiger partial charge in [-0.25, -0.2) is 4.39 Å². The van der Waals surface area contributed by atoms with E-state index in [-0.39, 0.29) is 18.3 Å². The number of hydrogen-bond acceptors (Lipinski definition) is 4. The van der Waals surface area contributed by atoms with Gasteiger partial charge in [0.25, 0.3) is 0 Å². The predicted molar refractivity (Wildman–Crippen MR) is 151 cm³/mol. The van der Waals surface area contributed by atoms with E-state index in [1.54, 1.807) is 43.6 Å². The largest absolute Gasteiger partial charge is 0.497 e. The van der Waals surface area contributed by atoms with Crippen molar-refractivity contribution in [2.45, 2.75) is 63.7 Å². The fourth-order valence-electron chi connectivity index (χ4n) is 6.10. The van der Waals surface area contributed by atoms with E-state index in [2.05, 4.69) is 9.88 Å². The van der Waals surface area contributed by atoms with Gasteiger partial charge in [-0.1, -0.05) is 18.2 Å². The Kier molecular flexibility index (Phi) is 10.6. The zero-order valence-electron chi connectivity index (χ0n) is 23.4. The van der Waals surface area contributed by atoms with E-state index in [1.807, 2.05) is 6.07 Å². The number of nitrogens with zero attached hydrogens (tertiary/aromatic N) is 2. The van der Waals surface area contributed by atoms with E-state index in [4.69, 9.17) is 4.74 Å². The molecule has 3 atom stereocenters. The van der Waals surface area contributed by atoms with Gasteiger partial charge in [0.15, 0.2) is 0 Å². The number of rotatable bonds is 13. The monoisotopic (exact) mass is 574 g/mol. The first-order chi connectivity index (χ1) is 19.7. The Hall–Kier alpha value is -3.20. The number of likely N-dealkylation sites (tertiary alicyclic amines) is 1. The summed E-state index contributed by atoms with van der Waals surface area (Å²) in [7, 11) is 1.57. The van der Waals surface area contributed by atoms with E-state index in [0.717, 1.165) is 43.9 Å². The fraction of sp³-hybridized carbons (Fsp3) is 0.500. The Morgan fingerprint density at radius 2 is 1.93 bits per heavy atom. The molecule has 2 aromatic carbocycles. The summed E-state index contributed by atoms with van der Waals surface area (Å²) in [6, 6.07) is 12.9. The summed E-state index contributed by atoms with van der Waals surface area (Å²) in [4.78, 5) is 18.0. The van der Waals surface area contributed by atoms with Crippen molar-refractivity contribution in [3.8, 4) is 5.75 Å². The fourth-order valence-corrected chi connectivity index (χ4v) is 6.10. The van der Waals surface area contributed by atoms with Gasteiger partial charge < -0.3 is 14.7 Å². The van der Waals surface area contributed by atoms with Crippen molar-refractivity contribution in [1.29, 1.82) is 0 Å². The number of methoxy groups -OCH3 is 1. The minimum absolute atomic E-state index is 0.0665. The van der Waals surface area contributed by atoms with Crippen LogP contribution < -0.4 is 4.74 Å². The maximum Gasteiger partial charge on any atom is 0.416 e. The molecule has 0 bridgehead atoms. The molecule has 9 heteroatoms. The number of aromatic nitrogens is 1. The lowest BCUT2D eigenvalue weighted by Gasteiger charge is -2.39. The topological polar surface area (TPSA) is 62.7 Å². The summed E-state index contributed by atoms with van der Waals surface area (Å²) < 4.78 is 60.7. The number of carboxylic acids is 1. The number of pyridine rings is 1. The van der Waals surface area contributed by atoms with Gasteiger partial charge in [0.1, 0.15) is 11.9 Å². The molecule has 1 aliphatic rings. The van der Waals surface area contributed by atoms with Crippen LogP contribution in [0.15, 0.2) is 54.7 Å². The van der Waals surface area contributed by atoms with Crippen LogP contribution in [-0.4, -0.2) is 47.7 Å². The van der Waals surface area contributed by atoms with E-state index >= 15 is 4.39 Å². The SMILES string of the molecule is COc1ccc2nccc(C(F)CC[C@@H]3CCN(CCCCc4ccccc4C(F)(F)F)C[C@@H]3CCC(=O)O)c2c1. The second-order valence-corrected chi connectivity index (χ2v) is 11.0. The first-order valence-corrected chi connectivity index (χ1v) is 14.3. The Morgan fingerprint density at radius 3 is 2.68 bits per heavy atom. The van der Waals surface area contributed by atoms with Gasteiger partial charge in [-0.3, -0.25) is 9.78 Å². The van der Waals surface area contributed by atoms with Crippen molar-refractivity contribution >= 4 is 16.9 Å². The molecule has 3 aromatic rings. The molecule has 1 fully saturated rings. The molecular formula is C32H38F4N2O3. The molecule has 0 radical (unpaired) electrons. The minimum atomic E-state index is -4.36. The number of carboxylic acid groups (broad SMARTS) is 1. The third-order valence-corrected chi connectivity index (χ3v) is 8.31. The van der Waals surface area contributed by atoms with E-state index in [9.17, 15) is 23.1 Å². The Morgan fingerprint density at radius 1 is 1.12 bits per heavy atom. The highest BCUT2D eigenvalue weighted by atomic mass is 19.4. The summed E-state index contributed by atoms with van der Waals surface area (Å²) in [5.74, 6) is 0.145. The number of benzene rings is 2. The lowest BCUT2D eigenvalue weighted by molar-refractivity contribution is -0.138. The van der Waals surface area contributed by atoms with Gasteiger partial charge in [-0.15, -0.1) is 0 Å². The predicted octanol–water partition coefficient (Wildman–Crippen LogP) is 7.88. The molecule has 1 N–H and O–H groups in total. The summed E-state index contributed by atoms with van der Waals surface area (Å²) in [6.07, 6.45) is 0.280. The molecule has 0 amide bonds. The lowest BCUT2D eigenvalue weighted by atomic mass is 9.79. The average molecular weight is 575 g/mol. The number of aryl methyl sites for hydroxylation is 1. The van der Waals surface area contributed by atoms with Crippen LogP contribution in [0.3, 0.4) is 0 Å². The Balaban J connectivity index is 1.32. The molecular weight excluding hydrogens is 536 g/mol. The van der Waals surface area contributed by atoms with Crippen LogP contribution in [0.1, 0.15) is 67.8 Å². The Bertz CT molecular complexity index is 1300. The second kappa shape index (κ2) is 14.1. The van der Waals surface area contributed by atoms with Crippen molar-refractivity contribution in [2.24, 2.45) is 11.8 Å². The number of aliphatic carboxylic acids is 1. The molecule has 0 aliphatic carbocycles. The highest BCUT2D eigenvalue weighted by Gasteiger charge is 2.33. The van der Waals surface area contributed by atoms with E-state index in [0.29, 0.717) is 54.5 Å². The summed E-state index contributed by atoms with van der Waals surface area (Å²) in [6.45, 7) is 2.30. The number of ether oxygens (including phenoxy) is 1. The molecule has 1 aromatic heterocycles. The highest BCUT2D eigenvalue weighted by Crippen LogP contribution is 2.37. The van der Waals surface area contributed by atoms with Gasteiger partial charge in [0, 0.05) is 24.5 Å². The van der Waals surface area contributed by atoms with Crippen LogP contribution in [0.25, 0.3) is 10.9 Å². The zero-order chi connectivity index (χ0) is 29.4. The summed E-state index contributed by atoms with van der Waals surface area (Å²) in [5.41, 5.74) is 1.04. The number of fused-ring (bicyclic) bond motifs is 1. The summed E-state index contributed by atoms with van der Waals surface area (Å²) >= 11 is 0. The van der Waals surface area contributed by atoms with Crippen molar-refractivity contribution in [3.63, 3.8) is 0 Å². The third-order valence-electron chi connectivity index (χ3n) is 8.31. The molecule has 1 unspecified atom stereocenters. The number of hydrogen-bond donors (Lipinski definition) is 1. The molecule has 0 saturated carbocycles. The van der Waals surface area contributed by atoms with Crippen molar-refractivity contribution < 1.29 is 32.2 Å². The van der Waals surface area contributed by atoms with Crippen LogP contribution in [-0.2, 0) is 17.4 Å². The van der Waals surface area contributed by atoms with Crippen LogP contribution in [0.2, 0.25) is 0 Å². The van der Waals surface area contributed by atoms with Crippen molar-refractivity contribution in [1.82, 2.24) is 9.88 Å². The molecule has 2 heterocycles. The number of halogens is 4. The second-order valence-electron chi connectivity index (χ2n) is 11.0. The van der Waals surface area contributed by atoms with Crippen molar-refractivity contribution in [2.75, 3.05) is 26.7 Å². The summed E-state index contributed by atoms with van der Waals surface area (Å²) in [5, 5.41) is 10.0. The molecule has 0 spiro atoms. The molecule has 222 valence electrons. The first kappa shape index (κ1) is 30.8.